The fourth-order valence-electron chi connectivity index (χ4n) is 3.22. The lowest BCUT2D eigenvalue weighted by Gasteiger charge is -2.35. The molecule has 0 bridgehead atoms. The van der Waals surface area contributed by atoms with E-state index in [1.807, 2.05) is 24.3 Å². The Bertz CT molecular complexity index is 976. The third-order valence-corrected chi connectivity index (χ3v) is 6.08. The van der Waals surface area contributed by atoms with E-state index < -0.39 is 9.84 Å². The van der Waals surface area contributed by atoms with Crippen LogP contribution >= 0.6 is 0 Å². The van der Waals surface area contributed by atoms with Gasteiger partial charge < -0.3 is 9.80 Å². The summed E-state index contributed by atoms with van der Waals surface area (Å²) in [7, 11) is -3.37. The lowest BCUT2D eigenvalue weighted by atomic mass is 10.1. The van der Waals surface area contributed by atoms with Crippen molar-refractivity contribution >= 4 is 21.7 Å². The molecule has 0 saturated carbocycles. The van der Waals surface area contributed by atoms with Crippen LogP contribution in [0.3, 0.4) is 0 Å². The van der Waals surface area contributed by atoms with Crippen molar-refractivity contribution in [3.8, 4) is 0 Å². The summed E-state index contributed by atoms with van der Waals surface area (Å²) in [6, 6.07) is 13.7. The van der Waals surface area contributed by atoms with Crippen molar-refractivity contribution in [3.63, 3.8) is 0 Å². The number of carbonyl (C=O) groups is 2. The number of rotatable bonds is 4. The van der Waals surface area contributed by atoms with Crippen LogP contribution in [0, 0.1) is 0 Å². The second-order valence-corrected chi connectivity index (χ2v) is 8.95. The molecule has 0 aliphatic carbocycles. The second kappa shape index (κ2) is 8.14. The van der Waals surface area contributed by atoms with Crippen LogP contribution in [0.15, 0.2) is 53.4 Å². The van der Waals surface area contributed by atoms with E-state index in [1.165, 1.54) is 17.7 Å². The number of aryl methyl sites for hydroxylation is 1. The Morgan fingerprint density at radius 2 is 1.39 bits per heavy atom. The third-order valence-electron chi connectivity index (χ3n) is 4.97. The number of nitrogens with zero attached hydrogens (tertiary/aromatic N) is 2. The Balaban J connectivity index is 1.64. The number of piperazine rings is 1. The van der Waals surface area contributed by atoms with Gasteiger partial charge >= 0.3 is 0 Å². The largest absolute Gasteiger partial charge is 0.335 e. The molecular weight excluding hydrogens is 376 g/mol. The molecule has 0 unspecified atom stereocenters. The maximum Gasteiger partial charge on any atom is 0.254 e. The van der Waals surface area contributed by atoms with Crippen molar-refractivity contribution in [2.75, 3.05) is 32.4 Å². The lowest BCUT2D eigenvalue weighted by Crippen LogP contribution is -2.50. The van der Waals surface area contributed by atoms with E-state index in [1.54, 1.807) is 21.9 Å². The summed E-state index contributed by atoms with van der Waals surface area (Å²) >= 11 is 0. The van der Waals surface area contributed by atoms with Crippen LogP contribution < -0.4 is 0 Å². The van der Waals surface area contributed by atoms with Crippen molar-refractivity contribution in [1.82, 2.24) is 9.80 Å². The van der Waals surface area contributed by atoms with Gasteiger partial charge in [-0.25, -0.2) is 8.42 Å². The average Bonchev–Trinajstić information content (AvgIpc) is 2.72. The zero-order valence-electron chi connectivity index (χ0n) is 16.1. The Morgan fingerprint density at radius 1 is 0.857 bits per heavy atom. The SMILES string of the molecule is CCc1ccc(C(=O)N2CCN(C(=O)c3cccc(S(C)(=O)=O)c3)CC2)cc1. The number of amides is 2. The third kappa shape index (κ3) is 4.42. The normalized spacial score (nSPS) is 14.8. The van der Waals surface area contributed by atoms with Gasteiger partial charge in [-0.15, -0.1) is 0 Å². The summed E-state index contributed by atoms with van der Waals surface area (Å²) in [6.45, 7) is 3.80. The number of benzene rings is 2. The van der Waals surface area contributed by atoms with Crippen molar-refractivity contribution < 1.29 is 18.0 Å². The summed E-state index contributed by atoms with van der Waals surface area (Å²) in [5.41, 5.74) is 2.18. The molecule has 2 amide bonds. The predicted octanol–water partition coefficient (Wildman–Crippen LogP) is 2.25. The minimum absolute atomic E-state index is 0.0335. The molecule has 2 aromatic rings. The van der Waals surface area contributed by atoms with Crippen LogP contribution in [0.25, 0.3) is 0 Å². The number of sulfone groups is 1. The molecule has 0 N–H and O–H groups in total. The molecule has 2 aromatic carbocycles. The van der Waals surface area contributed by atoms with Gasteiger partial charge in [-0.05, 0) is 42.3 Å². The van der Waals surface area contributed by atoms with E-state index >= 15 is 0 Å². The average molecular weight is 401 g/mol. The lowest BCUT2D eigenvalue weighted by molar-refractivity contribution is 0.0535. The van der Waals surface area contributed by atoms with Gasteiger partial charge in [-0.3, -0.25) is 9.59 Å². The molecule has 0 aromatic heterocycles. The molecule has 1 fully saturated rings. The standard InChI is InChI=1S/C21H24N2O4S/c1-3-16-7-9-17(10-8-16)20(24)22-11-13-23(14-12-22)21(25)18-5-4-6-19(15-18)28(2,26)27/h4-10,15H,3,11-14H2,1-2H3. The monoisotopic (exact) mass is 400 g/mol. The van der Waals surface area contributed by atoms with Gasteiger partial charge in [-0.2, -0.15) is 0 Å². The van der Waals surface area contributed by atoms with Gasteiger partial charge in [0.1, 0.15) is 0 Å². The highest BCUT2D eigenvalue weighted by Crippen LogP contribution is 2.16. The smallest absolute Gasteiger partial charge is 0.254 e. The van der Waals surface area contributed by atoms with E-state index in [4.69, 9.17) is 0 Å². The Hall–Kier alpha value is -2.67. The first-order valence-electron chi connectivity index (χ1n) is 9.27. The maximum atomic E-state index is 12.7. The highest BCUT2D eigenvalue weighted by molar-refractivity contribution is 7.90. The van der Waals surface area contributed by atoms with Gasteiger partial charge in [0, 0.05) is 43.6 Å². The van der Waals surface area contributed by atoms with E-state index in [2.05, 4.69) is 6.92 Å². The molecule has 1 heterocycles. The van der Waals surface area contributed by atoms with Crippen molar-refractivity contribution in [1.29, 1.82) is 0 Å². The molecule has 0 spiro atoms. The Labute approximate surface area is 165 Å². The van der Waals surface area contributed by atoms with Gasteiger partial charge in [-0.1, -0.05) is 25.1 Å². The molecule has 1 aliphatic heterocycles. The van der Waals surface area contributed by atoms with Gasteiger partial charge in [0.2, 0.25) is 0 Å². The van der Waals surface area contributed by atoms with Gasteiger partial charge in [0.25, 0.3) is 11.8 Å². The fourth-order valence-corrected chi connectivity index (χ4v) is 3.89. The van der Waals surface area contributed by atoms with E-state index in [9.17, 15) is 18.0 Å². The van der Waals surface area contributed by atoms with E-state index in [0.29, 0.717) is 37.3 Å². The van der Waals surface area contributed by atoms with Gasteiger partial charge in [0.15, 0.2) is 9.84 Å². The summed E-state index contributed by atoms with van der Waals surface area (Å²) in [5, 5.41) is 0. The Morgan fingerprint density at radius 3 is 1.89 bits per heavy atom. The first-order valence-corrected chi connectivity index (χ1v) is 11.2. The maximum absolute atomic E-state index is 12.7. The number of carbonyl (C=O) groups excluding carboxylic acids is 2. The minimum Gasteiger partial charge on any atom is -0.335 e. The van der Waals surface area contributed by atoms with Crippen LogP contribution in [0.4, 0.5) is 0 Å². The highest BCUT2D eigenvalue weighted by atomic mass is 32.2. The highest BCUT2D eigenvalue weighted by Gasteiger charge is 2.26. The topological polar surface area (TPSA) is 74.8 Å². The molecule has 7 heteroatoms. The molecule has 0 radical (unpaired) electrons. The molecule has 6 nitrogen and oxygen atoms in total. The van der Waals surface area contributed by atoms with Gasteiger partial charge in [0.05, 0.1) is 4.90 Å². The van der Waals surface area contributed by atoms with Crippen molar-refractivity contribution in [3.05, 3.63) is 65.2 Å². The molecule has 1 saturated heterocycles. The second-order valence-electron chi connectivity index (χ2n) is 6.93. The van der Waals surface area contributed by atoms with Crippen LogP contribution in [-0.4, -0.2) is 62.5 Å². The van der Waals surface area contributed by atoms with Crippen molar-refractivity contribution in [2.45, 2.75) is 18.2 Å². The summed E-state index contributed by atoms with van der Waals surface area (Å²) in [5.74, 6) is -0.251. The first kappa shape index (κ1) is 20.1. The van der Waals surface area contributed by atoms with Crippen LogP contribution in [0.1, 0.15) is 33.2 Å². The molecule has 1 aliphatic rings. The molecule has 0 atom stereocenters. The van der Waals surface area contributed by atoms with E-state index in [-0.39, 0.29) is 16.7 Å². The van der Waals surface area contributed by atoms with Crippen LogP contribution in [0.2, 0.25) is 0 Å². The Kier molecular flexibility index (Phi) is 5.84. The van der Waals surface area contributed by atoms with Crippen molar-refractivity contribution in [2.24, 2.45) is 0 Å². The zero-order chi connectivity index (χ0) is 20.3. The molecular formula is C21H24N2O4S. The van der Waals surface area contributed by atoms with Crippen LogP contribution in [-0.2, 0) is 16.3 Å². The molecule has 28 heavy (non-hydrogen) atoms. The first-order chi connectivity index (χ1) is 13.3. The number of hydrogen-bond acceptors (Lipinski definition) is 4. The summed E-state index contributed by atoms with van der Waals surface area (Å²) in [4.78, 5) is 28.9. The predicted molar refractivity (Wildman–Crippen MR) is 107 cm³/mol. The quantitative estimate of drug-likeness (QED) is 0.789. The number of hydrogen-bond donors (Lipinski definition) is 0. The molecule has 3 rings (SSSR count). The van der Waals surface area contributed by atoms with E-state index in [0.717, 1.165) is 12.7 Å². The summed E-state index contributed by atoms with van der Waals surface area (Å²) < 4.78 is 23.4. The zero-order valence-corrected chi connectivity index (χ0v) is 16.9. The summed E-state index contributed by atoms with van der Waals surface area (Å²) in [6.07, 6.45) is 2.05. The molecule has 148 valence electrons. The minimum atomic E-state index is -3.37. The fraction of sp³-hybridized carbons (Fsp3) is 0.333. The van der Waals surface area contributed by atoms with Crippen LogP contribution in [0.5, 0.6) is 0 Å².